The minimum atomic E-state index is -1.69. The third-order valence-corrected chi connectivity index (χ3v) is 3.49. The van der Waals surface area contributed by atoms with E-state index in [1.807, 2.05) is 0 Å². The number of furan rings is 1. The SMILES string of the molecule is O=C(CS(=O)c1ccccc1F)c1ccco1. The van der Waals surface area contributed by atoms with Crippen LogP contribution >= 0.6 is 0 Å². The third-order valence-electron chi connectivity index (χ3n) is 2.14. The van der Waals surface area contributed by atoms with Crippen molar-refractivity contribution in [3.63, 3.8) is 0 Å². The highest BCUT2D eigenvalue weighted by molar-refractivity contribution is 7.85. The van der Waals surface area contributed by atoms with E-state index in [9.17, 15) is 13.4 Å². The van der Waals surface area contributed by atoms with Crippen molar-refractivity contribution >= 4 is 16.6 Å². The minimum absolute atomic E-state index is 0.0346. The van der Waals surface area contributed by atoms with E-state index in [4.69, 9.17) is 4.42 Å². The Bertz CT molecular complexity index is 549. The van der Waals surface area contributed by atoms with Crippen LogP contribution in [0.5, 0.6) is 0 Å². The Hall–Kier alpha value is -1.75. The summed E-state index contributed by atoms with van der Waals surface area (Å²) in [5.41, 5.74) is 0. The number of hydrogen-bond acceptors (Lipinski definition) is 3. The summed E-state index contributed by atoms with van der Waals surface area (Å²) in [6, 6.07) is 8.75. The highest BCUT2D eigenvalue weighted by Crippen LogP contribution is 2.13. The maximum atomic E-state index is 13.3. The van der Waals surface area contributed by atoms with Gasteiger partial charge in [0.15, 0.2) is 5.76 Å². The van der Waals surface area contributed by atoms with E-state index >= 15 is 0 Å². The van der Waals surface area contributed by atoms with Crippen molar-refractivity contribution in [3.05, 3.63) is 54.2 Å². The number of Topliss-reactive ketones (excluding diaryl/α,β-unsaturated/α-hetero) is 1. The van der Waals surface area contributed by atoms with Gasteiger partial charge in [-0.2, -0.15) is 0 Å². The summed E-state index contributed by atoms with van der Waals surface area (Å²) < 4.78 is 30.0. The molecule has 1 heterocycles. The zero-order valence-electron chi connectivity index (χ0n) is 8.76. The zero-order chi connectivity index (χ0) is 12.3. The van der Waals surface area contributed by atoms with Crippen LogP contribution in [0.3, 0.4) is 0 Å². The molecule has 0 saturated heterocycles. The van der Waals surface area contributed by atoms with Crippen molar-refractivity contribution in [1.29, 1.82) is 0 Å². The first kappa shape index (κ1) is 11.7. The Balaban J connectivity index is 2.13. The highest BCUT2D eigenvalue weighted by Gasteiger charge is 2.16. The summed E-state index contributed by atoms with van der Waals surface area (Å²) in [5, 5.41) is 0. The molecule has 0 aliphatic heterocycles. The molecule has 1 aromatic heterocycles. The number of carbonyl (C=O) groups is 1. The average Bonchev–Trinajstić information content (AvgIpc) is 2.82. The quantitative estimate of drug-likeness (QED) is 0.785. The van der Waals surface area contributed by atoms with Gasteiger partial charge >= 0.3 is 0 Å². The lowest BCUT2D eigenvalue weighted by molar-refractivity contribution is 0.0991. The lowest BCUT2D eigenvalue weighted by Crippen LogP contribution is -2.11. The molecule has 2 rings (SSSR count). The van der Waals surface area contributed by atoms with Gasteiger partial charge in [-0.15, -0.1) is 0 Å². The van der Waals surface area contributed by atoms with Crippen molar-refractivity contribution in [3.8, 4) is 0 Å². The highest BCUT2D eigenvalue weighted by atomic mass is 32.2. The van der Waals surface area contributed by atoms with Crippen LogP contribution in [0.4, 0.5) is 4.39 Å². The Labute approximate surface area is 99.7 Å². The fourth-order valence-electron chi connectivity index (χ4n) is 1.33. The second-order valence-corrected chi connectivity index (χ2v) is 4.74. The van der Waals surface area contributed by atoms with Crippen molar-refractivity contribution < 1.29 is 17.8 Å². The molecule has 0 aliphatic carbocycles. The molecule has 17 heavy (non-hydrogen) atoms. The first-order chi connectivity index (χ1) is 8.18. The number of carbonyl (C=O) groups excluding carboxylic acids is 1. The monoisotopic (exact) mass is 252 g/mol. The van der Waals surface area contributed by atoms with Gasteiger partial charge < -0.3 is 4.42 Å². The van der Waals surface area contributed by atoms with Crippen LogP contribution in [0.15, 0.2) is 52.0 Å². The van der Waals surface area contributed by atoms with E-state index in [1.165, 1.54) is 30.5 Å². The summed E-state index contributed by atoms with van der Waals surface area (Å²) in [6.07, 6.45) is 1.36. The molecule has 0 amide bonds. The molecule has 1 atom stereocenters. The third kappa shape index (κ3) is 2.68. The van der Waals surface area contributed by atoms with Crippen LogP contribution in [0.25, 0.3) is 0 Å². The van der Waals surface area contributed by atoms with Gasteiger partial charge in [0.2, 0.25) is 5.78 Å². The maximum Gasteiger partial charge on any atom is 0.210 e. The topological polar surface area (TPSA) is 47.3 Å². The summed E-state index contributed by atoms with van der Waals surface area (Å²) in [7, 11) is -1.69. The van der Waals surface area contributed by atoms with Crippen molar-refractivity contribution in [2.24, 2.45) is 0 Å². The van der Waals surface area contributed by atoms with Gasteiger partial charge in [-0.1, -0.05) is 12.1 Å². The second-order valence-electron chi connectivity index (χ2n) is 3.32. The maximum absolute atomic E-state index is 13.3. The summed E-state index contributed by atoms with van der Waals surface area (Å²) in [6.45, 7) is 0. The average molecular weight is 252 g/mol. The molecule has 0 saturated carbocycles. The van der Waals surface area contributed by atoms with Crippen LogP contribution in [0, 0.1) is 5.82 Å². The van der Waals surface area contributed by atoms with Crippen LogP contribution in [-0.4, -0.2) is 15.7 Å². The Morgan fingerprint density at radius 3 is 2.65 bits per heavy atom. The van der Waals surface area contributed by atoms with E-state index in [1.54, 1.807) is 12.1 Å². The number of benzene rings is 1. The second kappa shape index (κ2) is 5.05. The van der Waals surface area contributed by atoms with Crippen molar-refractivity contribution in [1.82, 2.24) is 0 Å². The van der Waals surface area contributed by atoms with Gasteiger partial charge in [0.05, 0.1) is 27.7 Å². The molecule has 0 bridgehead atoms. The number of halogens is 1. The number of rotatable bonds is 4. The van der Waals surface area contributed by atoms with Gasteiger partial charge in [-0.05, 0) is 24.3 Å². The molecular formula is C12H9FO3S. The molecular weight excluding hydrogens is 243 g/mol. The van der Waals surface area contributed by atoms with Gasteiger partial charge in [-0.3, -0.25) is 9.00 Å². The molecule has 2 aromatic rings. The smallest absolute Gasteiger partial charge is 0.210 e. The first-order valence-electron chi connectivity index (χ1n) is 4.88. The Morgan fingerprint density at radius 2 is 2.00 bits per heavy atom. The molecule has 88 valence electrons. The predicted molar refractivity (Wildman–Crippen MR) is 60.7 cm³/mol. The molecule has 1 unspecified atom stereocenters. The number of ketones is 1. The van der Waals surface area contributed by atoms with Crippen molar-refractivity contribution in [2.45, 2.75) is 4.90 Å². The van der Waals surface area contributed by atoms with Gasteiger partial charge in [0, 0.05) is 0 Å². The molecule has 0 aliphatic rings. The summed E-state index contributed by atoms with van der Waals surface area (Å²) in [5.74, 6) is -1.13. The molecule has 0 fully saturated rings. The normalized spacial score (nSPS) is 12.3. The van der Waals surface area contributed by atoms with E-state index in [2.05, 4.69) is 0 Å². The van der Waals surface area contributed by atoms with Crippen LogP contribution in [0.1, 0.15) is 10.6 Å². The van der Waals surface area contributed by atoms with Gasteiger partial charge in [0.1, 0.15) is 5.82 Å². The van der Waals surface area contributed by atoms with Gasteiger partial charge in [0.25, 0.3) is 0 Å². The largest absolute Gasteiger partial charge is 0.461 e. The fourth-order valence-corrected chi connectivity index (χ4v) is 2.39. The lowest BCUT2D eigenvalue weighted by atomic mass is 10.3. The van der Waals surface area contributed by atoms with Gasteiger partial charge in [-0.25, -0.2) is 4.39 Å². The first-order valence-corrected chi connectivity index (χ1v) is 6.20. The van der Waals surface area contributed by atoms with Crippen molar-refractivity contribution in [2.75, 3.05) is 5.75 Å². The van der Waals surface area contributed by atoms with E-state index < -0.39 is 22.4 Å². The standard InChI is InChI=1S/C12H9FO3S/c13-9-4-1-2-6-12(9)17(15)8-10(14)11-5-3-7-16-11/h1-7H,8H2. The molecule has 5 heteroatoms. The number of hydrogen-bond donors (Lipinski definition) is 0. The molecule has 0 spiro atoms. The Morgan fingerprint density at radius 1 is 1.24 bits per heavy atom. The Kier molecular flexibility index (Phi) is 3.49. The minimum Gasteiger partial charge on any atom is -0.461 e. The molecule has 0 N–H and O–H groups in total. The predicted octanol–water partition coefficient (Wildman–Crippen LogP) is 2.41. The summed E-state index contributed by atoms with van der Waals surface area (Å²) >= 11 is 0. The molecule has 3 nitrogen and oxygen atoms in total. The van der Waals surface area contributed by atoms with Crippen LogP contribution < -0.4 is 0 Å². The summed E-state index contributed by atoms with van der Waals surface area (Å²) in [4.78, 5) is 11.6. The fraction of sp³-hybridized carbons (Fsp3) is 0.0833. The van der Waals surface area contributed by atoms with E-state index in [0.717, 1.165) is 0 Å². The van der Waals surface area contributed by atoms with Crippen LogP contribution in [-0.2, 0) is 10.8 Å². The van der Waals surface area contributed by atoms with Crippen LogP contribution in [0.2, 0.25) is 0 Å². The molecule has 0 radical (unpaired) electrons. The van der Waals surface area contributed by atoms with E-state index in [0.29, 0.717) is 0 Å². The van der Waals surface area contributed by atoms with E-state index in [-0.39, 0.29) is 16.4 Å². The zero-order valence-corrected chi connectivity index (χ0v) is 9.58. The lowest BCUT2D eigenvalue weighted by Gasteiger charge is -2.01. The molecule has 1 aromatic carbocycles.